The highest BCUT2D eigenvalue weighted by atomic mass is 35.5. The molecule has 0 aliphatic carbocycles. The Labute approximate surface area is 233 Å². The summed E-state index contributed by atoms with van der Waals surface area (Å²) in [5, 5.41) is 2.67. The maximum Gasteiger partial charge on any atom is 0.410 e. The summed E-state index contributed by atoms with van der Waals surface area (Å²) < 4.78 is 33.0. The number of rotatable bonds is 8. The van der Waals surface area contributed by atoms with Crippen molar-refractivity contribution in [3.63, 3.8) is 0 Å². The summed E-state index contributed by atoms with van der Waals surface area (Å²) in [5.74, 6) is -0.267. The quantitative estimate of drug-likeness (QED) is 0.322. The molecule has 2 aromatic rings. The second-order valence-corrected chi connectivity index (χ2v) is 13.2. The molecule has 1 atom stereocenters. The lowest BCUT2D eigenvalue weighted by atomic mass is 9.93. The van der Waals surface area contributed by atoms with E-state index in [0.717, 1.165) is 19.3 Å². The first-order valence-electron chi connectivity index (χ1n) is 12.2. The Hall–Kier alpha value is -2.63. The average molecular weight is 587 g/mol. The molecular formula is C25H33Cl2N5O5S. The van der Waals surface area contributed by atoms with Crippen LogP contribution in [0.25, 0.3) is 0 Å². The molecule has 10 nitrogen and oxygen atoms in total. The van der Waals surface area contributed by atoms with Gasteiger partial charge >= 0.3 is 6.09 Å². The van der Waals surface area contributed by atoms with Gasteiger partial charge in [-0.05, 0) is 84.1 Å². The Morgan fingerprint density at radius 2 is 1.87 bits per heavy atom. The van der Waals surface area contributed by atoms with Crippen LogP contribution in [0.5, 0.6) is 0 Å². The first-order valence-corrected chi connectivity index (χ1v) is 14.4. The van der Waals surface area contributed by atoms with Crippen molar-refractivity contribution in [3.8, 4) is 0 Å². The molecule has 208 valence electrons. The van der Waals surface area contributed by atoms with E-state index in [1.54, 1.807) is 11.0 Å². The zero-order valence-corrected chi connectivity index (χ0v) is 24.4. The lowest BCUT2D eigenvalue weighted by molar-refractivity contribution is 0.0130. The number of halogens is 2. The smallest absolute Gasteiger partial charge is 0.410 e. The van der Waals surface area contributed by atoms with Crippen LogP contribution in [0.2, 0.25) is 10.3 Å². The van der Waals surface area contributed by atoms with E-state index in [1.165, 1.54) is 24.3 Å². The van der Waals surface area contributed by atoms with Crippen molar-refractivity contribution in [2.75, 3.05) is 18.4 Å². The van der Waals surface area contributed by atoms with Crippen LogP contribution in [-0.4, -0.2) is 59.5 Å². The number of amides is 2. The van der Waals surface area contributed by atoms with Gasteiger partial charge in [0.05, 0.1) is 5.56 Å². The van der Waals surface area contributed by atoms with Gasteiger partial charge in [0.2, 0.25) is 0 Å². The molecule has 0 aromatic carbocycles. The molecule has 1 fully saturated rings. The third-order valence-electron chi connectivity index (χ3n) is 5.95. The van der Waals surface area contributed by atoms with E-state index < -0.39 is 21.5 Å². The molecule has 0 bridgehead atoms. The fourth-order valence-corrected chi connectivity index (χ4v) is 5.66. The van der Waals surface area contributed by atoms with Crippen LogP contribution < -0.4 is 10.0 Å². The molecule has 1 unspecified atom stereocenters. The standard InChI is InChI=1S/C25H33Cl2N5O5S/c1-24(2,3)37-23(34)32-15-16(14-25(32,4)5)8-7-13-28-19-9-6-10-20(30-19)38(35,36)31-22(33)17-11-12-18(26)29-21(17)27/h6,9-12,16H,7-8,13-15H2,1-5H3,(H,28,30)(H,31,33). The molecule has 3 rings (SSSR count). The minimum atomic E-state index is -4.26. The Kier molecular flexibility index (Phi) is 9.16. The van der Waals surface area contributed by atoms with Gasteiger partial charge in [-0.2, -0.15) is 8.42 Å². The zero-order valence-electron chi connectivity index (χ0n) is 22.0. The number of hydrogen-bond donors (Lipinski definition) is 2. The molecule has 0 spiro atoms. The second kappa shape index (κ2) is 11.6. The van der Waals surface area contributed by atoms with E-state index in [9.17, 15) is 18.0 Å². The van der Waals surface area contributed by atoms with E-state index in [-0.39, 0.29) is 32.5 Å². The highest BCUT2D eigenvalue weighted by Gasteiger charge is 2.42. The molecule has 1 saturated heterocycles. The third-order valence-corrected chi connectivity index (χ3v) is 7.68. The van der Waals surface area contributed by atoms with Crippen LogP contribution in [0.15, 0.2) is 35.4 Å². The number of sulfonamides is 1. The number of ether oxygens (including phenoxy) is 1. The lowest BCUT2D eigenvalue weighted by Crippen LogP contribution is -2.45. The molecule has 2 aromatic heterocycles. The maximum atomic E-state index is 12.7. The first-order chi connectivity index (χ1) is 17.6. The van der Waals surface area contributed by atoms with Crippen LogP contribution >= 0.6 is 23.2 Å². The predicted molar refractivity (Wildman–Crippen MR) is 146 cm³/mol. The van der Waals surface area contributed by atoms with Gasteiger partial charge < -0.3 is 15.0 Å². The highest BCUT2D eigenvalue weighted by Crippen LogP contribution is 2.36. The van der Waals surface area contributed by atoms with Gasteiger partial charge in [-0.3, -0.25) is 4.79 Å². The predicted octanol–water partition coefficient (Wildman–Crippen LogP) is 5.13. The number of likely N-dealkylation sites (tertiary alicyclic amines) is 1. The number of hydrogen-bond acceptors (Lipinski definition) is 8. The van der Waals surface area contributed by atoms with Gasteiger partial charge in [0.15, 0.2) is 5.03 Å². The van der Waals surface area contributed by atoms with E-state index in [4.69, 9.17) is 27.9 Å². The Bertz CT molecular complexity index is 1300. The van der Waals surface area contributed by atoms with Crippen LogP contribution in [0, 0.1) is 5.92 Å². The Balaban J connectivity index is 1.53. The minimum absolute atomic E-state index is 0.0758. The van der Waals surface area contributed by atoms with Gasteiger partial charge in [-0.25, -0.2) is 19.5 Å². The molecule has 0 saturated carbocycles. The number of aromatic nitrogens is 2. The van der Waals surface area contributed by atoms with Gasteiger partial charge in [0.1, 0.15) is 21.7 Å². The lowest BCUT2D eigenvalue weighted by Gasteiger charge is -2.33. The number of nitrogens with one attached hydrogen (secondary N) is 2. The van der Waals surface area contributed by atoms with Crippen LogP contribution in [-0.2, 0) is 14.8 Å². The number of nitrogens with zero attached hydrogens (tertiary/aromatic N) is 3. The molecular weight excluding hydrogens is 553 g/mol. The zero-order chi connectivity index (χ0) is 28.3. The summed E-state index contributed by atoms with van der Waals surface area (Å²) in [5.41, 5.74) is -0.969. The number of carbonyl (C=O) groups excluding carboxylic acids is 2. The summed E-state index contributed by atoms with van der Waals surface area (Å²) in [6.45, 7) is 10.8. The molecule has 2 amide bonds. The van der Waals surface area contributed by atoms with Crippen molar-refractivity contribution in [2.45, 2.75) is 70.0 Å². The van der Waals surface area contributed by atoms with E-state index in [1.807, 2.05) is 39.3 Å². The van der Waals surface area contributed by atoms with Crippen molar-refractivity contribution >= 4 is 51.0 Å². The van der Waals surface area contributed by atoms with Crippen LogP contribution in [0.3, 0.4) is 0 Å². The third kappa shape index (κ3) is 7.94. The summed E-state index contributed by atoms with van der Waals surface area (Å²) in [6.07, 6.45) is 2.23. The van der Waals surface area contributed by atoms with Crippen LogP contribution in [0.4, 0.5) is 10.6 Å². The summed E-state index contributed by atoms with van der Waals surface area (Å²) in [6, 6.07) is 7.08. The van der Waals surface area contributed by atoms with E-state index in [2.05, 4.69) is 15.3 Å². The highest BCUT2D eigenvalue weighted by molar-refractivity contribution is 7.90. The van der Waals surface area contributed by atoms with Crippen molar-refractivity contribution in [1.82, 2.24) is 19.6 Å². The molecule has 1 aliphatic rings. The molecule has 38 heavy (non-hydrogen) atoms. The van der Waals surface area contributed by atoms with Gasteiger partial charge in [-0.15, -0.1) is 0 Å². The number of carbonyl (C=O) groups is 2. The van der Waals surface area contributed by atoms with Crippen molar-refractivity contribution in [3.05, 3.63) is 46.2 Å². The SMILES string of the molecule is CC(C)(C)OC(=O)N1CC(CCCNc2cccc(S(=O)(=O)NC(=O)c3ccc(Cl)nc3Cl)n2)CC1(C)C. The largest absolute Gasteiger partial charge is 0.444 e. The van der Waals surface area contributed by atoms with Gasteiger partial charge in [0, 0.05) is 18.6 Å². The average Bonchev–Trinajstić information content (AvgIpc) is 3.09. The minimum Gasteiger partial charge on any atom is -0.444 e. The number of anilines is 1. The Morgan fingerprint density at radius 3 is 2.53 bits per heavy atom. The fourth-order valence-electron chi connectivity index (χ4n) is 4.30. The van der Waals surface area contributed by atoms with Gasteiger partial charge in [-0.1, -0.05) is 29.3 Å². The maximum absolute atomic E-state index is 12.7. The summed E-state index contributed by atoms with van der Waals surface area (Å²) in [7, 11) is -4.26. The first kappa shape index (κ1) is 29.9. The molecule has 1 aliphatic heterocycles. The monoisotopic (exact) mass is 585 g/mol. The normalized spacial score (nSPS) is 17.2. The fraction of sp³-hybridized carbons (Fsp3) is 0.520. The van der Waals surface area contributed by atoms with Crippen molar-refractivity contribution in [1.29, 1.82) is 0 Å². The Morgan fingerprint density at radius 1 is 1.16 bits per heavy atom. The van der Waals surface area contributed by atoms with Crippen molar-refractivity contribution in [2.24, 2.45) is 5.92 Å². The van der Waals surface area contributed by atoms with Crippen LogP contribution in [0.1, 0.15) is 64.2 Å². The molecule has 2 N–H and O–H groups in total. The molecule has 3 heterocycles. The van der Waals surface area contributed by atoms with E-state index >= 15 is 0 Å². The summed E-state index contributed by atoms with van der Waals surface area (Å²) in [4.78, 5) is 34.7. The molecule has 13 heteroatoms. The van der Waals surface area contributed by atoms with Crippen molar-refractivity contribution < 1.29 is 22.7 Å². The topological polar surface area (TPSA) is 131 Å². The number of pyridine rings is 2. The van der Waals surface area contributed by atoms with Gasteiger partial charge in [0.25, 0.3) is 15.9 Å². The molecule has 0 radical (unpaired) electrons. The van der Waals surface area contributed by atoms with E-state index in [0.29, 0.717) is 24.8 Å². The second-order valence-electron chi connectivity index (χ2n) is 10.8. The summed E-state index contributed by atoms with van der Waals surface area (Å²) >= 11 is 11.6.